The summed E-state index contributed by atoms with van der Waals surface area (Å²) in [5.74, 6) is 1.20. The van der Waals surface area contributed by atoms with Crippen LogP contribution >= 0.6 is 0 Å². The highest BCUT2D eigenvalue weighted by molar-refractivity contribution is 5.98. The smallest absolute Gasteiger partial charge is 0.253 e. The van der Waals surface area contributed by atoms with E-state index in [2.05, 4.69) is 36.1 Å². The Morgan fingerprint density at radius 2 is 1.89 bits per heavy atom. The molecule has 2 atom stereocenters. The fourth-order valence-electron chi connectivity index (χ4n) is 4.05. The van der Waals surface area contributed by atoms with Crippen LogP contribution in [0.15, 0.2) is 60.8 Å². The second kappa shape index (κ2) is 7.60. The first kappa shape index (κ1) is 18.4. The lowest BCUT2D eigenvalue weighted by molar-refractivity contribution is 0.0782. The molecule has 2 aromatic carbocycles. The van der Waals surface area contributed by atoms with Crippen LogP contribution in [0.5, 0.6) is 5.75 Å². The molecule has 5 nitrogen and oxygen atoms in total. The van der Waals surface area contributed by atoms with Crippen LogP contribution in [0.3, 0.4) is 0 Å². The second-order valence-corrected chi connectivity index (χ2v) is 7.53. The third-order valence-electron chi connectivity index (χ3n) is 5.63. The van der Waals surface area contributed by atoms with Crippen molar-refractivity contribution in [3.63, 3.8) is 0 Å². The molecule has 144 valence electrons. The molecule has 0 radical (unpaired) electrons. The Bertz CT molecular complexity index is 985. The average molecular weight is 375 g/mol. The van der Waals surface area contributed by atoms with Crippen molar-refractivity contribution in [3.8, 4) is 5.75 Å². The molecule has 0 aliphatic carbocycles. The van der Waals surface area contributed by atoms with Gasteiger partial charge >= 0.3 is 0 Å². The van der Waals surface area contributed by atoms with Crippen LogP contribution in [-0.2, 0) is 0 Å². The van der Waals surface area contributed by atoms with Crippen LogP contribution in [0.4, 0.5) is 0 Å². The number of amides is 1. The van der Waals surface area contributed by atoms with Gasteiger partial charge in [-0.25, -0.2) is 0 Å². The number of ether oxygens (including phenoxy) is 1. The Morgan fingerprint density at radius 3 is 2.61 bits per heavy atom. The number of pyridine rings is 1. The number of benzene rings is 2. The van der Waals surface area contributed by atoms with E-state index in [-0.39, 0.29) is 17.9 Å². The number of nitrogens with zero attached hydrogens (tertiary/aromatic N) is 3. The molecule has 2 heterocycles. The normalized spacial score (nSPS) is 19.4. The molecule has 5 heteroatoms. The highest BCUT2D eigenvalue weighted by Crippen LogP contribution is 2.32. The summed E-state index contributed by atoms with van der Waals surface area (Å²) in [6.07, 6.45) is 1.77. The van der Waals surface area contributed by atoms with Crippen molar-refractivity contribution in [1.29, 1.82) is 0 Å². The number of likely N-dealkylation sites (tertiary alicyclic amines) is 1. The van der Waals surface area contributed by atoms with Gasteiger partial charge in [-0.05, 0) is 56.1 Å². The number of hydrogen-bond donors (Lipinski definition) is 0. The minimum Gasteiger partial charge on any atom is -0.497 e. The molecule has 3 aromatic rings. The van der Waals surface area contributed by atoms with E-state index in [0.717, 1.165) is 16.7 Å². The molecule has 0 saturated carbocycles. The van der Waals surface area contributed by atoms with E-state index in [1.165, 1.54) is 5.56 Å². The Labute approximate surface area is 165 Å². The zero-order valence-electron chi connectivity index (χ0n) is 16.5. The van der Waals surface area contributed by atoms with Gasteiger partial charge in [0.25, 0.3) is 5.91 Å². The van der Waals surface area contributed by atoms with Gasteiger partial charge in [0.15, 0.2) is 0 Å². The van der Waals surface area contributed by atoms with E-state index in [1.807, 2.05) is 47.4 Å². The third kappa shape index (κ3) is 3.45. The number of rotatable bonds is 4. The summed E-state index contributed by atoms with van der Waals surface area (Å²) < 4.78 is 5.28. The molecule has 0 N–H and O–H groups in total. The lowest BCUT2D eigenvalue weighted by Crippen LogP contribution is -2.35. The first-order valence-corrected chi connectivity index (χ1v) is 9.51. The van der Waals surface area contributed by atoms with Crippen LogP contribution in [0.1, 0.15) is 21.8 Å². The van der Waals surface area contributed by atoms with Gasteiger partial charge in [-0.3, -0.25) is 9.78 Å². The maximum atomic E-state index is 13.2. The molecule has 0 unspecified atom stereocenters. The molecular weight excluding hydrogens is 350 g/mol. The molecule has 4 rings (SSSR count). The minimum atomic E-state index is 0.0774. The van der Waals surface area contributed by atoms with Crippen molar-refractivity contribution < 1.29 is 9.53 Å². The van der Waals surface area contributed by atoms with Gasteiger partial charge in [0, 0.05) is 42.2 Å². The highest BCUT2D eigenvalue weighted by Gasteiger charge is 2.37. The van der Waals surface area contributed by atoms with E-state index in [1.54, 1.807) is 13.3 Å². The van der Waals surface area contributed by atoms with E-state index in [0.29, 0.717) is 18.7 Å². The third-order valence-corrected chi connectivity index (χ3v) is 5.63. The summed E-state index contributed by atoms with van der Waals surface area (Å²) in [4.78, 5) is 21.7. The Hall–Kier alpha value is -2.92. The number of carbonyl (C=O) groups is 1. The second-order valence-electron chi connectivity index (χ2n) is 7.53. The molecule has 1 fully saturated rings. The summed E-state index contributed by atoms with van der Waals surface area (Å²) in [6.45, 7) is 1.42. The van der Waals surface area contributed by atoms with Crippen molar-refractivity contribution >= 4 is 16.8 Å². The molecular formula is C23H25N3O2. The molecule has 1 saturated heterocycles. The van der Waals surface area contributed by atoms with Crippen molar-refractivity contribution in [2.75, 3.05) is 34.3 Å². The van der Waals surface area contributed by atoms with Crippen LogP contribution < -0.4 is 4.74 Å². The van der Waals surface area contributed by atoms with Crippen molar-refractivity contribution in [3.05, 3.63) is 71.9 Å². The SMILES string of the molecule is COc1ccc([C@@H]2CN(C(=O)c3ccc4ncccc4c3)C[C@H]2N(C)C)cc1. The van der Waals surface area contributed by atoms with E-state index in [4.69, 9.17) is 4.74 Å². The van der Waals surface area contributed by atoms with Crippen LogP contribution in [0.25, 0.3) is 10.9 Å². The van der Waals surface area contributed by atoms with Crippen molar-refractivity contribution in [1.82, 2.24) is 14.8 Å². The lowest BCUT2D eigenvalue weighted by atomic mass is 9.93. The number of methoxy groups -OCH3 is 1. The topological polar surface area (TPSA) is 45.7 Å². The standard InChI is InChI=1S/C23H25N3O2/c1-25(2)22-15-26(14-20(22)16-6-9-19(28-3)10-7-16)23(27)18-8-11-21-17(13-18)5-4-12-24-21/h4-13,20,22H,14-15H2,1-3H3/t20-,22+/m0/s1. The van der Waals surface area contributed by atoms with Crippen LogP contribution in [-0.4, -0.2) is 61.0 Å². The van der Waals surface area contributed by atoms with Gasteiger partial charge in [0.1, 0.15) is 5.75 Å². The maximum absolute atomic E-state index is 13.2. The molecule has 1 amide bonds. The fraction of sp³-hybridized carbons (Fsp3) is 0.304. The number of carbonyl (C=O) groups excluding carboxylic acids is 1. The van der Waals surface area contributed by atoms with Gasteiger partial charge in [0.2, 0.25) is 0 Å². The Kier molecular flexibility index (Phi) is 5.01. The summed E-state index contributed by atoms with van der Waals surface area (Å²) in [5, 5.41) is 0.989. The zero-order valence-corrected chi connectivity index (χ0v) is 16.5. The predicted octanol–water partition coefficient (Wildman–Crippen LogP) is 3.41. The fourth-order valence-corrected chi connectivity index (χ4v) is 4.05. The van der Waals surface area contributed by atoms with Gasteiger partial charge < -0.3 is 14.5 Å². The first-order chi connectivity index (χ1) is 13.6. The van der Waals surface area contributed by atoms with Gasteiger partial charge in [-0.2, -0.15) is 0 Å². The van der Waals surface area contributed by atoms with Gasteiger partial charge in [0.05, 0.1) is 12.6 Å². The summed E-state index contributed by atoms with van der Waals surface area (Å²) in [7, 11) is 5.83. The Morgan fingerprint density at radius 1 is 1.11 bits per heavy atom. The minimum absolute atomic E-state index is 0.0774. The van der Waals surface area contributed by atoms with Gasteiger partial charge in [-0.15, -0.1) is 0 Å². The number of fused-ring (bicyclic) bond motifs is 1. The van der Waals surface area contributed by atoms with E-state index >= 15 is 0 Å². The lowest BCUT2D eigenvalue weighted by Gasteiger charge is -2.25. The quantitative estimate of drug-likeness (QED) is 0.701. The van der Waals surface area contributed by atoms with Crippen molar-refractivity contribution in [2.24, 2.45) is 0 Å². The van der Waals surface area contributed by atoms with Crippen LogP contribution in [0, 0.1) is 0 Å². The maximum Gasteiger partial charge on any atom is 0.253 e. The number of aromatic nitrogens is 1. The Balaban J connectivity index is 1.59. The highest BCUT2D eigenvalue weighted by atomic mass is 16.5. The summed E-state index contributed by atoms with van der Waals surface area (Å²) >= 11 is 0. The number of hydrogen-bond acceptors (Lipinski definition) is 4. The molecule has 1 aromatic heterocycles. The van der Waals surface area contributed by atoms with E-state index in [9.17, 15) is 4.79 Å². The molecule has 0 bridgehead atoms. The molecule has 1 aliphatic rings. The molecule has 28 heavy (non-hydrogen) atoms. The first-order valence-electron chi connectivity index (χ1n) is 9.51. The predicted molar refractivity (Wildman–Crippen MR) is 111 cm³/mol. The largest absolute Gasteiger partial charge is 0.497 e. The van der Waals surface area contributed by atoms with E-state index < -0.39 is 0 Å². The summed E-state index contributed by atoms with van der Waals surface area (Å²) in [5.41, 5.74) is 2.86. The average Bonchev–Trinajstić information content (AvgIpc) is 3.19. The zero-order chi connectivity index (χ0) is 19.7. The number of likely N-dealkylation sites (N-methyl/N-ethyl adjacent to an activating group) is 1. The van der Waals surface area contributed by atoms with Crippen LogP contribution in [0.2, 0.25) is 0 Å². The van der Waals surface area contributed by atoms with Crippen molar-refractivity contribution in [2.45, 2.75) is 12.0 Å². The molecule has 1 aliphatic heterocycles. The molecule has 0 spiro atoms. The monoisotopic (exact) mass is 375 g/mol. The van der Waals surface area contributed by atoms with Gasteiger partial charge in [-0.1, -0.05) is 18.2 Å². The summed E-state index contributed by atoms with van der Waals surface area (Å²) in [6, 6.07) is 18.1.